The first-order valence-electron chi connectivity index (χ1n) is 8.35. The monoisotopic (exact) mass is 394 g/mol. The van der Waals surface area contributed by atoms with Gasteiger partial charge in [0, 0.05) is 40.6 Å². The molecular weight excluding hydrogens is 372 g/mol. The van der Waals surface area contributed by atoms with Gasteiger partial charge in [-0.2, -0.15) is 5.26 Å². The molecule has 0 radical (unpaired) electrons. The zero-order valence-corrected chi connectivity index (χ0v) is 16.3. The van der Waals surface area contributed by atoms with E-state index in [1.54, 1.807) is 6.92 Å². The Labute approximate surface area is 162 Å². The Hall–Kier alpha value is -2.58. The predicted molar refractivity (Wildman–Crippen MR) is 94.0 cm³/mol. The topological polar surface area (TPSA) is 130 Å². The van der Waals surface area contributed by atoms with Crippen molar-refractivity contribution < 1.29 is 33.4 Å². The van der Waals surface area contributed by atoms with Crippen LogP contribution < -0.4 is 0 Å². The molecule has 2 atom stereocenters. The third-order valence-electron chi connectivity index (χ3n) is 5.18. The zero-order valence-electron chi connectivity index (χ0n) is 16.3. The van der Waals surface area contributed by atoms with Crippen LogP contribution in [-0.4, -0.2) is 57.5 Å². The van der Waals surface area contributed by atoms with Crippen LogP contribution >= 0.6 is 0 Å². The predicted octanol–water partition coefficient (Wildman–Crippen LogP) is 1.74. The minimum absolute atomic E-state index is 0.0196. The van der Waals surface area contributed by atoms with Gasteiger partial charge in [-0.1, -0.05) is 12.1 Å². The van der Waals surface area contributed by atoms with Crippen molar-refractivity contribution in [2.24, 2.45) is 5.41 Å². The van der Waals surface area contributed by atoms with Crippen LogP contribution in [0.25, 0.3) is 0 Å². The van der Waals surface area contributed by atoms with E-state index >= 15 is 0 Å². The summed E-state index contributed by atoms with van der Waals surface area (Å²) in [7, 11) is 5.16. The number of methoxy groups -OCH3 is 4. The largest absolute Gasteiger partial charge is 0.465 e. The normalized spacial score (nSPS) is 24.6. The molecule has 0 unspecified atom stereocenters. The van der Waals surface area contributed by atoms with Crippen LogP contribution in [0.4, 0.5) is 5.69 Å². The van der Waals surface area contributed by atoms with Gasteiger partial charge in [0.25, 0.3) is 11.5 Å². The van der Waals surface area contributed by atoms with Crippen LogP contribution in [-0.2, 0) is 28.5 Å². The SMILES string of the molecule is CCOC(=O)[C@]1(C#N)[C@@H](c2ccc([N+](=O)[O-])cc2)C(OC)(OC)C1(OC)OC. The molecule has 28 heavy (non-hydrogen) atoms. The molecule has 2 rings (SSSR count). The number of carbonyl (C=O) groups excluding carboxylic acids is 1. The Balaban J connectivity index is 2.78. The number of nitro groups is 1. The lowest BCUT2D eigenvalue weighted by molar-refractivity contribution is -0.483. The van der Waals surface area contributed by atoms with E-state index in [0.717, 1.165) is 0 Å². The van der Waals surface area contributed by atoms with Crippen molar-refractivity contribution in [3.8, 4) is 6.07 Å². The van der Waals surface area contributed by atoms with Crippen LogP contribution in [0.2, 0.25) is 0 Å². The van der Waals surface area contributed by atoms with Crippen molar-refractivity contribution in [3.05, 3.63) is 39.9 Å². The lowest BCUT2D eigenvalue weighted by Crippen LogP contribution is -2.85. The lowest BCUT2D eigenvalue weighted by Gasteiger charge is -2.66. The highest BCUT2D eigenvalue weighted by Gasteiger charge is 2.89. The summed E-state index contributed by atoms with van der Waals surface area (Å²) < 4.78 is 27.3. The van der Waals surface area contributed by atoms with Crippen molar-refractivity contribution in [2.75, 3.05) is 35.0 Å². The summed E-state index contributed by atoms with van der Waals surface area (Å²) in [6.07, 6.45) is 0. The summed E-state index contributed by atoms with van der Waals surface area (Å²) in [6, 6.07) is 7.36. The van der Waals surface area contributed by atoms with Gasteiger partial charge < -0.3 is 23.7 Å². The first-order valence-corrected chi connectivity index (χ1v) is 8.35. The Kier molecular flexibility index (Phi) is 6.06. The van der Waals surface area contributed by atoms with Crippen molar-refractivity contribution in [3.63, 3.8) is 0 Å². The zero-order chi connectivity index (χ0) is 21.2. The molecule has 0 amide bonds. The fourth-order valence-electron chi connectivity index (χ4n) is 4.08. The minimum atomic E-state index is -1.99. The summed E-state index contributed by atoms with van der Waals surface area (Å²) in [4.78, 5) is 23.4. The van der Waals surface area contributed by atoms with Gasteiger partial charge >= 0.3 is 5.97 Å². The average molecular weight is 394 g/mol. The van der Waals surface area contributed by atoms with Gasteiger partial charge in [0.1, 0.15) is 0 Å². The van der Waals surface area contributed by atoms with Crippen LogP contribution in [0.1, 0.15) is 18.4 Å². The Morgan fingerprint density at radius 3 is 2.04 bits per heavy atom. The number of nitro benzene ring substituents is 1. The molecule has 0 saturated heterocycles. The van der Waals surface area contributed by atoms with Crippen LogP contribution in [0.3, 0.4) is 0 Å². The fraction of sp³-hybridized carbons (Fsp3) is 0.556. The minimum Gasteiger partial charge on any atom is -0.465 e. The highest BCUT2D eigenvalue weighted by atomic mass is 16.8. The summed E-state index contributed by atoms with van der Waals surface area (Å²) >= 11 is 0. The number of carbonyl (C=O) groups is 1. The number of esters is 1. The van der Waals surface area contributed by atoms with Crippen molar-refractivity contribution in [2.45, 2.75) is 24.4 Å². The molecule has 1 aromatic rings. The number of nitriles is 1. The number of benzene rings is 1. The molecule has 1 aromatic carbocycles. The van der Waals surface area contributed by atoms with Gasteiger partial charge in [0.15, 0.2) is 0 Å². The molecule has 10 heteroatoms. The van der Waals surface area contributed by atoms with Crippen LogP contribution in [0.5, 0.6) is 0 Å². The van der Waals surface area contributed by atoms with Gasteiger partial charge in [0.2, 0.25) is 11.2 Å². The number of hydrogen-bond acceptors (Lipinski definition) is 9. The van der Waals surface area contributed by atoms with E-state index in [-0.39, 0.29) is 12.3 Å². The maximum Gasteiger partial charge on any atom is 0.333 e. The highest BCUT2D eigenvalue weighted by molar-refractivity contribution is 5.86. The second-order valence-electron chi connectivity index (χ2n) is 6.02. The van der Waals surface area contributed by atoms with E-state index in [0.29, 0.717) is 5.56 Å². The summed E-state index contributed by atoms with van der Waals surface area (Å²) in [6.45, 7) is 1.62. The van der Waals surface area contributed by atoms with Gasteiger partial charge in [0.05, 0.1) is 23.5 Å². The van der Waals surface area contributed by atoms with E-state index in [2.05, 4.69) is 0 Å². The van der Waals surface area contributed by atoms with Gasteiger partial charge in [-0.05, 0) is 12.5 Å². The first-order chi connectivity index (χ1) is 13.3. The van der Waals surface area contributed by atoms with Crippen LogP contribution in [0, 0.1) is 26.9 Å². The van der Waals surface area contributed by atoms with E-state index in [1.165, 1.54) is 52.7 Å². The maximum absolute atomic E-state index is 13.0. The van der Waals surface area contributed by atoms with E-state index in [1.807, 2.05) is 6.07 Å². The van der Waals surface area contributed by atoms with Crippen molar-refractivity contribution in [1.82, 2.24) is 0 Å². The highest BCUT2D eigenvalue weighted by Crippen LogP contribution is 2.69. The van der Waals surface area contributed by atoms with Crippen molar-refractivity contribution >= 4 is 11.7 Å². The second kappa shape index (κ2) is 7.81. The third kappa shape index (κ3) is 2.44. The Morgan fingerprint density at radius 2 is 1.68 bits per heavy atom. The summed E-state index contributed by atoms with van der Waals surface area (Å²) in [5.74, 6) is -5.58. The number of non-ortho nitro benzene ring substituents is 1. The molecule has 0 bridgehead atoms. The molecule has 0 N–H and O–H groups in total. The van der Waals surface area contributed by atoms with E-state index < -0.39 is 33.8 Å². The average Bonchev–Trinajstić information content (AvgIpc) is 2.70. The second-order valence-corrected chi connectivity index (χ2v) is 6.02. The molecule has 152 valence electrons. The number of nitrogens with zero attached hydrogens (tertiary/aromatic N) is 2. The maximum atomic E-state index is 13.0. The molecule has 10 nitrogen and oxygen atoms in total. The van der Waals surface area contributed by atoms with Gasteiger partial charge in [-0.25, -0.2) is 0 Å². The fourth-order valence-corrected chi connectivity index (χ4v) is 4.08. The van der Waals surface area contributed by atoms with Crippen molar-refractivity contribution in [1.29, 1.82) is 5.26 Å². The number of rotatable bonds is 8. The molecule has 0 aliphatic heterocycles. The lowest BCUT2D eigenvalue weighted by atomic mass is 9.49. The molecular formula is C18H22N2O8. The summed E-state index contributed by atoms with van der Waals surface area (Å²) in [5, 5.41) is 21.1. The number of hydrogen-bond donors (Lipinski definition) is 0. The molecule has 1 aliphatic carbocycles. The standard InChI is InChI=1S/C18H22N2O8/c1-6-28-15(21)16(11-19)14(12-7-9-13(10-8-12)20(22)23)17(24-2,25-3)18(16,26-4)27-5/h7-10,14H,6H2,1-5H3/t14-,16+/m1/s1. The number of ether oxygens (including phenoxy) is 5. The molecule has 0 aromatic heterocycles. The molecule has 1 fully saturated rings. The molecule has 0 heterocycles. The summed E-state index contributed by atoms with van der Waals surface area (Å²) in [5.41, 5.74) is -1.75. The quantitative estimate of drug-likeness (QED) is 0.280. The van der Waals surface area contributed by atoms with E-state index in [9.17, 15) is 20.2 Å². The van der Waals surface area contributed by atoms with Gasteiger partial charge in [-0.15, -0.1) is 0 Å². The van der Waals surface area contributed by atoms with E-state index in [4.69, 9.17) is 23.7 Å². The molecule has 0 spiro atoms. The Morgan fingerprint density at radius 1 is 1.14 bits per heavy atom. The third-order valence-corrected chi connectivity index (χ3v) is 5.18. The Bertz CT molecular complexity index is 780. The van der Waals surface area contributed by atoms with Crippen LogP contribution in [0.15, 0.2) is 24.3 Å². The molecule has 1 aliphatic rings. The van der Waals surface area contributed by atoms with Gasteiger partial charge in [-0.3, -0.25) is 14.9 Å². The molecule has 1 saturated carbocycles. The smallest absolute Gasteiger partial charge is 0.333 e. The first kappa shape index (κ1) is 21.7.